The fraction of sp³-hybridized carbons (Fsp3) is 0. The summed E-state index contributed by atoms with van der Waals surface area (Å²) in [6.07, 6.45) is 3.03. The number of carbonyl (C=O) groups is 1. The summed E-state index contributed by atoms with van der Waals surface area (Å²) in [5.74, 6) is 0. The Balaban J connectivity index is 2.93. The minimum absolute atomic E-state index is 0.00981. The molecule has 2 rings (SSSR count). The molecule has 0 unspecified atom stereocenters. The molecule has 0 aliphatic rings. The van der Waals surface area contributed by atoms with Crippen molar-refractivity contribution < 1.29 is 9.21 Å². The second-order valence-corrected chi connectivity index (χ2v) is 3.45. The number of aromatic nitrogens is 1. The Bertz CT molecular complexity index is 561. The van der Waals surface area contributed by atoms with Crippen LogP contribution in [-0.4, -0.2) is 11.3 Å². The van der Waals surface area contributed by atoms with E-state index in [2.05, 4.69) is 20.9 Å². The molecule has 0 amide bonds. The lowest BCUT2D eigenvalue weighted by atomic mass is 10.2. The summed E-state index contributed by atoms with van der Waals surface area (Å²) in [4.78, 5) is 25.9. The SMILES string of the molecule is O=Cc1coc2cnc(Br)cc2c1=O. The number of hydrogen-bond donors (Lipinski definition) is 0. The van der Waals surface area contributed by atoms with E-state index in [4.69, 9.17) is 4.42 Å². The minimum Gasteiger partial charge on any atom is -0.462 e. The Morgan fingerprint density at radius 3 is 3.00 bits per heavy atom. The maximum Gasteiger partial charge on any atom is 0.203 e. The smallest absolute Gasteiger partial charge is 0.203 e. The van der Waals surface area contributed by atoms with Crippen molar-refractivity contribution in [2.75, 3.05) is 0 Å². The van der Waals surface area contributed by atoms with Gasteiger partial charge < -0.3 is 4.42 Å². The van der Waals surface area contributed by atoms with Gasteiger partial charge in [-0.2, -0.15) is 0 Å². The Kier molecular flexibility index (Phi) is 2.17. The number of nitrogens with zero attached hydrogens (tertiary/aromatic N) is 1. The first kappa shape index (κ1) is 9.08. The van der Waals surface area contributed by atoms with Crippen molar-refractivity contribution >= 4 is 33.2 Å². The number of pyridine rings is 1. The summed E-state index contributed by atoms with van der Waals surface area (Å²) in [5.41, 5.74) is 0.0313. The van der Waals surface area contributed by atoms with E-state index in [0.717, 1.165) is 6.26 Å². The first-order chi connectivity index (χ1) is 6.72. The Hall–Kier alpha value is -1.49. The summed E-state index contributed by atoms with van der Waals surface area (Å²) >= 11 is 3.13. The third-order valence-corrected chi connectivity index (χ3v) is 2.21. The number of fused-ring (bicyclic) bond motifs is 1. The van der Waals surface area contributed by atoms with Gasteiger partial charge in [0, 0.05) is 0 Å². The molecule has 0 bridgehead atoms. The molecule has 0 atom stereocenters. The van der Waals surface area contributed by atoms with Gasteiger partial charge in [-0.25, -0.2) is 4.98 Å². The van der Waals surface area contributed by atoms with Crippen molar-refractivity contribution in [1.29, 1.82) is 0 Å². The van der Waals surface area contributed by atoms with Crippen molar-refractivity contribution in [2.45, 2.75) is 0 Å². The van der Waals surface area contributed by atoms with Gasteiger partial charge in [-0.15, -0.1) is 0 Å². The average Bonchev–Trinajstić information content (AvgIpc) is 2.20. The second-order valence-electron chi connectivity index (χ2n) is 2.64. The number of aldehydes is 1. The Labute approximate surface area is 86.7 Å². The molecule has 70 valence electrons. The van der Waals surface area contributed by atoms with Crippen molar-refractivity contribution in [2.24, 2.45) is 0 Å². The molecular weight excluding hydrogens is 250 g/mol. The second kappa shape index (κ2) is 3.34. The fourth-order valence-corrected chi connectivity index (χ4v) is 1.44. The molecule has 5 heteroatoms. The van der Waals surface area contributed by atoms with E-state index in [1.807, 2.05) is 0 Å². The van der Waals surface area contributed by atoms with E-state index < -0.39 is 0 Å². The standard InChI is InChI=1S/C9H4BrNO3/c10-8-1-6-7(2-11-8)14-4-5(3-12)9(6)13/h1-4H. The van der Waals surface area contributed by atoms with Crippen LogP contribution < -0.4 is 5.43 Å². The maximum absolute atomic E-state index is 11.6. The first-order valence-corrected chi connectivity index (χ1v) is 4.54. The Morgan fingerprint density at radius 2 is 2.29 bits per heavy atom. The molecule has 0 aliphatic heterocycles. The van der Waals surface area contributed by atoms with Gasteiger partial charge in [0.15, 0.2) is 11.9 Å². The molecule has 0 N–H and O–H groups in total. The quantitative estimate of drug-likeness (QED) is 0.574. The van der Waals surface area contributed by atoms with Crippen molar-refractivity contribution in [1.82, 2.24) is 4.98 Å². The van der Waals surface area contributed by atoms with E-state index in [9.17, 15) is 9.59 Å². The van der Waals surface area contributed by atoms with Gasteiger partial charge in [-0.05, 0) is 22.0 Å². The minimum atomic E-state index is -0.343. The predicted octanol–water partition coefficient (Wildman–Crippen LogP) is 1.76. The van der Waals surface area contributed by atoms with Crippen molar-refractivity contribution in [3.05, 3.63) is 38.9 Å². The molecule has 0 aromatic carbocycles. The monoisotopic (exact) mass is 253 g/mol. The highest BCUT2D eigenvalue weighted by Gasteiger charge is 2.06. The molecule has 2 heterocycles. The van der Waals surface area contributed by atoms with Gasteiger partial charge in [-0.3, -0.25) is 9.59 Å². The molecule has 2 aromatic rings. The number of rotatable bonds is 1. The normalized spacial score (nSPS) is 10.4. The zero-order valence-electron chi connectivity index (χ0n) is 6.86. The zero-order valence-corrected chi connectivity index (χ0v) is 8.45. The molecular formula is C9H4BrNO3. The van der Waals surface area contributed by atoms with E-state index >= 15 is 0 Å². The molecule has 0 saturated carbocycles. The van der Waals surface area contributed by atoms with E-state index in [1.165, 1.54) is 12.3 Å². The Morgan fingerprint density at radius 1 is 1.50 bits per heavy atom. The van der Waals surface area contributed by atoms with Crippen LogP contribution in [0.15, 0.2) is 32.3 Å². The van der Waals surface area contributed by atoms with Crippen LogP contribution in [0.5, 0.6) is 0 Å². The van der Waals surface area contributed by atoms with E-state index in [0.29, 0.717) is 21.9 Å². The maximum atomic E-state index is 11.6. The van der Waals surface area contributed by atoms with Gasteiger partial charge >= 0.3 is 0 Å². The highest BCUT2D eigenvalue weighted by Crippen LogP contribution is 2.14. The van der Waals surface area contributed by atoms with Crippen LogP contribution >= 0.6 is 15.9 Å². The van der Waals surface area contributed by atoms with Crippen LogP contribution in [0.1, 0.15) is 10.4 Å². The summed E-state index contributed by atoms with van der Waals surface area (Å²) in [6, 6.07) is 1.52. The van der Waals surface area contributed by atoms with Gasteiger partial charge in [0.25, 0.3) is 0 Å². The van der Waals surface area contributed by atoms with E-state index in [-0.39, 0.29) is 11.0 Å². The molecule has 0 aliphatic carbocycles. The molecule has 0 fully saturated rings. The highest BCUT2D eigenvalue weighted by atomic mass is 79.9. The predicted molar refractivity (Wildman–Crippen MR) is 53.4 cm³/mol. The number of halogens is 1. The van der Waals surface area contributed by atoms with Crippen LogP contribution in [0.3, 0.4) is 0 Å². The van der Waals surface area contributed by atoms with Crippen LogP contribution in [0.4, 0.5) is 0 Å². The fourth-order valence-electron chi connectivity index (χ4n) is 1.11. The summed E-state index contributed by atoms with van der Waals surface area (Å²) in [7, 11) is 0. The summed E-state index contributed by atoms with van der Waals surface area (Å²) < 4.78 is 5.58. The molecule has 0 saturated heterocycles. The van der Waals surface area contributed by atoms with Crippen molar-refractivity contribution in [3.8, 4) is 0 Å². The zero-order chi connectivity index (χ0) is 10.1. The van der Waals surface area contributed by atoms with Crippen LogP contribution in [0.25, 0.3) is 11.0 Å². The van der Waals surface area contributed by atoms with Crippen LogP contribution in [-0.2, 0) is 0 Å². The third-order valence-electron chi connectivity index (χ3n) is 1.78. The largest absolute Gasteiger partial charge is 0.462 e. The van der Waals surface area contributed by atoms with Gasteiger partial charge in [0.1, 0.15) is 10.9 Å². The highest BCUT2D eigenvalue weighted by molar-refractivity contribution is 9.10. The molecule has 0 spiro atoms. The lowest BCUT2D eigenvalue weighted by molar-refractivity contribution is 0.112. The lowest BCUT2D eigenvalue weighted by Gasteiger charge is -1.96. The average molecular weight is 254 g/mol. The third kappa shape index (κ3) is 1.35. The van der Waals surface area contributed by atoms with Crippen molar-refractivity contribution in [3.63, 3.8) is 0 Å². The lowest BCUT2D eigenvalue weighted by Crippen LogP contribution is -2.07. The summed E-state index contributed by atoms with van der Waals surface area (Å²) in [6.45, 7) is 0. The van der Waals surface area contributed by atoms with Crippen LogP contribution in [0, 0.1) is 0 Å². The topological polar surface area (TPSA) is 60.2 Å². The molecule has 0 radical (unpaired) electrons. The summed E-state index contributed by atoms with van der Waals surface area (Å²) in [5, 5.41) is 0.344. The van der Waals surface area contributed by atoms with E-state index in [1.54, 1.807) is 0 Å². The molecule has 4 nitrogen and oxygen atoms in total. The van der Waals surface area contributed by atoms with Gasteiger partial charge in [0.2, 0.25) is 5.43 Å². The number of carbonyl (C=O) groups excluding carboxylic acids is 1. The van der Waals surface area contributed by atoms with Gasteiger partial charge in [-0.1, -0.05) is 0 Å². The molecule has 14 heavy (non-hydrogen) atoms. The number of hydrogen-bond acceptors (Lipinski definition) is 4. The van der Waals surface area contributed by atoms with Crippen LogP contribution in [0.2, 0.25) is 0 Å². The first-order valence-electron chi connectivity index (χ1n) is 3.74. The van der Waals surface area contributed by atoms with Gasteiger partial charge in [0.05, 0.1) is 17.1 Å². The molecule has 2 aromatic heterocycles.